The van der Waals surface area contributed by atoms with Crippen LogP contribution in [0.5, 0.6) is 0 Å². The molecule has 0 atom stereocenters. The van der Waals surface area contributed by atoms with Crippen molar-refractivity contribution in [2.75, 3.05) is 13.1 Å². The molecule has 11 heavy (non-hydrogen) atoms. The Bertz CT molecular complexity index is 159. The summed E-state index contributed by atoms with van der Waals surface area (Å²) in [5.41, 5.74) is 0. The molecule has 1 N–H and O–H groups in total. The Hall–Kier alpha value is -0.530. The van der Waals surface area contributed by atoms with Crippen molar-refractivity contribution in [3.05, 3.63) is 0 Å². The van der Waals surface area contributed by atoms with Crippen LogP contribution >= 0.6 is 0 Å². The van der Waals surface area contributed by atoms with Crippen LogP contribution in [-0.4, -0.2) is 18.9 Å². The first kappa shape index (κ1) is 7.14. The summed E-state index contributed by atoms with van der Waals surface area (Å²) in [5, 5.41) is 3.37. The average molecular weight is 152 g/mol. The molecule has 0 aromatic heterocycles. The van der Waals surface area contributed by atoms with E-state index in [2.05, 4.69) is 10.3 Å². The lowest BCUT2D eigenvalue weighted by Crippen LogP contribution is -2.32. The zero-order valence-electron chi connectivity index (χ0n) is 6.97. The fourth-order valence-corrected chi connectivity index (χ4v) is 1.69. The van der Waals surface area contributed by atoms with Gasteiger partial charge in [0.05, 0.1) is 5.84 Å². The van der Waals surface area contributed by atoms with Crippen LogP contribution in [0.3, 0.4) is 0 Å². The maximum atomic E-state index is 4.46. The van der Waals surface area contributed by atoms with Gasteiger partial charge in [0, 0.05) is 19.5 Å². The van der Waals surface area contributed by atoms with Crippen LogP contribution in [0.2, 0.25) is 0 Å². The lowest BCUT2D eigenvalue weighted by Gasteiger charge is -2.27. The second kappa shape index (κ2) is 3.24. The van der Waals surface area contributed by atoms with E-state index < -0.39 is 0 Å². The van der Waals surface area contributed by atoms with Gasteiger partial charge in [0.1, 0.15) is 0 Å². The number of nitrogens with zero attached hydrogens (tertiary/aromatic N) is 1. The van der Waals surface area contributed by atoms with Crippen molar-refractivity contribution < 1.29 is 0 Å². The molecule has 2 heteroatoms. The highest BCUT2D eigenvalue weighted by Gasteiger charge is 2.19. The Morgan fingerprint density at radius 3 is 2.82 bits per heavy atom. The highest BCUT2D eigenvalue weighted by molar-refractivity contribution is 5.82. The van der Waals surface area contributed by atoms with Gasteiger partial charge < -0.3 is 5.32 Å². The normalized spacial score (nSPS) is 25.3. The summed E-state index contributed by atoms with van der Waals surface area (Å²) in [6.07, 6.45) is 6.74. The summed E-state index contributed by atoms with van der Waals surface area (Å²) in [6.45, 7) is 2.20. The maximum Gasteiger partial charge on any atom is 0.0965 e. The van der Waals surface area contributed by atoms with Gasteiger partial charge in [-0.1, -0.05) is 19.3 Å². The molecule has 0 bridgehead atoms. The Balaban J connectivity index is 1.79. The standard InChI is InChI=1S/C9H16N2/c1-3-8(4-1)7-9-10-5-2-6-11-9/h8H,1-7H2,(H,10,11). The molecular weight excluding hydrogens is 136 g/mol. The molecule has 1 aliphatic carbocycles. The first-order chi connectivity index (χ1) is 5.45. The maximum absolute atomic E-state index is 4.46. The minimum atomic E-state index is 0.958. The molecule has 1 fully saturated rings. The van der Waals surface area contributed by atoms with Gasteiger partial charge in [0.25, 0.3) is 0 Å². The number of aliphatic imine (C=N–C) groups is 1. The van der Waals surface area contributed by atoms with E-state index in [0.717, 1.165) is 19.0 Å². The number of hydrogen-bond donors (Lipinski definition) is 1. The van der Waals surface area contributed by atoms with Crippen molar-refractivity contribution in [3.63, 3.8) is 0 Å². The summed E-state index contributed by atoms with van der Waals surface area (Å²) in [7, 11) is 0. The molecule has 2 nitrogen and oxygen atoms in total. The third-order valence-corrected chi connectivity index (χ3v) is 2.67. The van der Waals surface area contributed by atoms with Crippen molar-refractivity contribution >= 4 is 5.84 Å². The molecule has 1 heterocycles. The monoisotopic (exact) mass is 152 g/mol. The van der Waals surface area contributed by atoms with Crippen molar-refractivity contribution in [1.82, 2.24) is 5.32 Å². The van der Waals surface area contributed by atoms with Crippen LogP contribution in [0, 0.1) is 5.92 Å². The van der Waals surface area contributed by atoms with Gasteiger partial charge in [0.15, 0.2) is 0 Å². The second-order valence-corrected chi connectivity index (χ2v) is 3.61. The van der Waals surface area contributed by atoms with E-state index in [1.54, 1.807) is 0 Å². The van der Waals surface area contributed by atoms with Gasteiger partial charge in [-0.2, -0.15) is 0 Å². The van der Waals surface area contributed by atoms with Gasteiger partial charge >= 0.3 is 0 Å². The van der Waals surface area contributed by atoms with E-state index in [4.69, 9.17) is 0 Å². The average Bonchev–Trinajstić information content (AvgIpc) is 1.99. The van der Waals surface area contributed by atoms with Gasteiger partial charge in [0.2, 0.25) is 0 Å². The van der Waals surface area contributed by atoms with E-state index in [-0.39, 0.29) is 0 Å². The third-order valence-electron chi connectivity index (χ3n) is 2.67. The largest absolute Gasteiger partial charge is 0.374 e. The SMILES string of the molecule is C1CN=C(CC2CCC2)NC1. The molecule has 0 radical (unpaired) electrons. The number of hydrogen-bond acceptors (Lipinski definition) is 2. The smallest absolute Gasteiger partial charge is 0.0965 e. The molecule has 0 saturated heterocycles. The summed E-state index contributed by atoms with van der Waals surface area (Å²) < 4.78 is 0. The van der Waals surface area contributed by atoms with E-state index in [0.29, 0.717) is 0 Å². The van der Waals surface area contributed by atoms with E-state index in [1.807, 2.05) is 0 Å². The van der Waals surface area contributed by atoms with E-state index >= 15 is 0 Å². The number of amidine groups is 1. The zero-order valence-corrected chi connectivity index (χ0v) is 6.97. The van der Waals surface area contributed by atoms with Crippen LogP contribution in [0.25, 0.3) is 0 Å². The first-order valence-corrected chi connectivity index (χ1v) is 4.72. The second-order valence-electron chi connectivity index (χ2n) is 3.61. The summed E-state index contributed by atoms with van der Waals surface area (Å²) in [4.78, 5) is 4.46. The van der Waals surface area contributed by atoms with Crippen molar-refractivity contribution in [2.45, 2.75) is 32.1 Å². The highest BCUT2D eigenvalue weighted by atomic mass is 15.0. The summed E-state index contributed by atoms with van der Waals surface area (Å²) in [6, 6.07) is 0. The van der Waals surface area contributed by atoms with Crippen LogP contribution in [0.15, 0.2) is 4.99 Å². The third kappa shape index (κ3) is 1.73. The van der Waals surface area contributed by atoms with Crippen LogP contribution < -0.4 is 5.32 Å². The van der Waals surface area contributed by atoms with Crippen molar-refractivity contribution in [3.8, 4) is 0 Å². The fraction of sp³-hybridized carbons (Fsp3) is 0.889. The Labute approximate surface area is 68.1 Å². The van der Waals surface area contributed by atoms with Gasteiger partial charge in [-0.25, -0.2) is 0 Å². The van der Waals surface area contributed by atoms with Crippen molar-refractivity contribution in [2.24, 2.45) is 10.9 Å². The number of rotatable bonds is 2. The summed E-state index contributed by atoms with van der Waals surface area (Å²) >= 11 is 0. The molecule has 2 aliphatic rings. The molecule has 0 aromatic carbocycles. The quantitative estimate of drug-likeness (QED) is 0.638. The fourth-order valence-electron chi connectivity index (χ4n) is 1.69. The van der Waals surface area contributed by atoms with Crippen LogP contribution in [-0.2, 0) is 0 Å². The molecule has 1 saturated carbocycles. The molecule has 1 aliphatic heterocycles. The highest BCUT2D eigenvalue weighted by Crippen LogP contribution is 2.29. The first-order valence-electron chi connectivity index (χ1n) is 4.72. The number of nitrogens with one attached hydrogen (secondary N) is 1. The molecule has 0 spiro atoms. The minimum Gasteiger partial charge on any atom is -0.374 e. The Morgan fingerprint density at radius 2 is 2.27 bits per heavy atom. The van der Waals surface area contributed by atoms with Crippen LogP contribution in [0.4, 0.5) is 0 Å². The van der Waals surface area contributed by atoms with Crippen LogP contribution in [0.1, 0.15) is 32.1 Å². The van der Waals surface area contributed by atoms with Gasteiger partial charge in [-0.05, 0) is 12.3 Å². The Morgan fingerprint density at radius 1 is 1.36 bits per heavy atom. The van der Waals surface area contributed by atoms with E-state index in [9.17, 15) is 0 Å². The van der Waals surface area contributed by atoms with Gasteiger partial charge in [-0.15, -0.1) is 0 Å². The molecule has 0 unspecified atom stereocenters. The lowest BCUT2D eigenvalue weighted by atomic mass is 9.82. The summed E-state index contributed by atoms with van der Waals surface area (Å²) in [5.74, 6) is 2.24. The molecule has 0 aromatic rings. The molecule has 0 amide bonds. The lowest BCUT2D eigenvalue weighted by molar-refractivity contribution is 0.324. The predicted octanol–water partition coefficient (Wildman–Crippen LogP) is 1.57. The van der Waals surface area contributed by atoms with Crippen molar-refractivity contribution in [1.29, 1.82) is 0 Å². The Kier molecular flexibility index (Phi) is 2.11. The van der Waals surface area contributed by atoms with E-state index in [1.165, 1.54) is 37.9 Å². The molecule has 62 valence electrons. The zero-order chi connectivity index (χ0) is 7.52. The minimum absolute atomic E-state index is 0.958. The topological polar surface area (TPSA) is 24.4 Å². The predicted molar refractivity (Wildman–Crippen MR) is 46.9 cm³/mol. The van der Waals surface area contributed by atoms with Gasteiger partial charge in [-0.3, -0.25) is 4.99 Å². The molecular formula is C9H16N2. The molecule has 2 rings (SSSR count).